The number of nitrogens with zero attached hydrogens (tertiary/aromatic N) is 1. The Bertz CT molecular complexity index is 441. The van der Waals surface area contributed by atoms with Gasteiger partial charge in [-0.05, 0) is 51.8 Å². The molecule has 0 fully saturated rings. The molecule has 0 bridgehead atoms. The van der Waals surface area contributed by atoms with Crippen molar-refractivity contribution in [2.75, 3.05) is 0 Å². The average molecular weight is 297 g/mol. The second-order valence-electron chi connectivity index (χ2n) is 3.72. The third-order valence-corrected chi connectivity index (χ3v) is 4.31. The molecule has 84 valence electrons. The Hall–Kier alpha value is -0.710. The van der Waals surface area contributed by atoms with Crippen LogP contribution in [0.3, 0.4) is 0 Å². The van der Waals surface area contributed by atoms with Crippen LogP contribution >= 0.6 is 27.3 Å². The fraction of sp³-hybridized carbons (Fsp3) is 0.250. The van der Waals surface area contributed by atoms with Crippen molar-refractivity contribution in [1.29, 1.82) is 0 Å². The molecule has 0 saturated carbocycles. The van der Waals surface area contributed by atoms with E-state index in [2.05, 4.69) is 38.4 Å². The van der Waals surface area contributed by atoms with E-state index in [0.717, 1.165) is 12.8 Å². The minimum absolute atomic E-state index is 0.152. The number of thiophene rings is 1. The summed E-state index contributed by atoms with van der Waals surface area (Å²) in [6.45, 7) is 0. The minimum Gasteiger partial charge on any atom is -0.327 e. The predicted octanol–water partition coefficient (Wildman–Crippen LogP) is 3.02. The Labute approximate surface area is 108 Å². The van der Waals surface area contributed by atoms with Crippen LogP contribution in [0.25, 0.3) is 0 Å². The summed E-state index contributed by atoms with van der Waals surface area (Å²) in [5.41, 5.74) is 7.32. The molecule has 2 aromatic rings. The van der Waals surface area contributed by atoms with Gasteiger partial charge in [0.1, 0.15) is 0 Å². The zero-order chi connectivity index (χ0) is 11.4. The van der Waals surface area contributed by atoms with Crippen molar-refractivity contribution in [3.05, 3.63) is 50.9 Å². The molecule has 2 rings (SSSR count). The van der Waals surface area contributed by atoms with E-state index in [1.165, 1.54) is 14.9 Å². The molecule has 0 radical (unpaired) electrons. The zero-order valence-electron chi connectivity index (χ0n) is 8.77. The lowest BCUT2D eigenvalue weighted by Gasteiger charge is -2.10. The zero-order valence-corrected chi connectivity index (χ0v) is 11.2. The van der Waals surface area contributed by atoms with Crippen molar-refractivity contribution in [2.24, 2.45) is 5.73 Å². The van der Waals surface area contributed by atoms with Crippen LogP contribution in [0.4, 0.5) is 0 Å². The number of nitrogens with two attached hydrogens (primary N) is 1. The highest BCUT2D eigenvalue weighted by atomic mass is 79.9. The van der Waals surface area contributed by atoms with Crippen LogP contribution in [0.2, 0.25) is 0 Å². The molecule has 2 N–H and O–H groups in total. The van der Waals surface area contributed by atoms with Gasteiger partial charge in [-0.1, -0.05) is 6.07 Å². The molecule has 2 nitrogen and oxygen atoms in total. The third-order valence-electron chi connectivity index (χ3n) is 2.36. The second kappa shape index (κ2) is 5.57. The maximum atomic E-state index is 6.12. The Kier molecular flexibility index (Phi) is 4.09. The average Bonchev–Trinajstić information content (AvgIpc) is 2.66. The highest BCUT2D eigenvalue weighted by Crippen LogP contribution is 2.24. The predicted molar refractivity (Wildman–Crippen MR) is 71.6 cm³/mol. The molecule has 0 aliphatic rings. The van der Waals surface area contributed by atoms with Crippen LogP contribution in [0, 0.1) is 0 Å². The topological polar surface area (TPSA) is 38.9 Å². The van der Waals surface area contributed by atoms with E-state index in [1.54, 1.807) is 17.5 Å². The summed E-state index contributed by atoms with van der Waals surface area (Å²) < 4.78 is 1.17. The molecule has 0 saturated heterocycles. The van der Waals surface area contributed by atoms with Crippen molar-refractivity contribution in [2.45, 2.75) is 18.9 Å². The number of halogens is 1. The van der Waals surface area contributed by atoms with Gasteiger partial charge in [0.2, 0.25) is 0 Å². The lowest BCUT2D eigenvalue weighted by atomic mass is 10.1. The fourth-order valence-electron chi connectivity index (χ4n) is 1.60. The quantitative estimate of drug-likeness (QED) is 0.942. The Morgan fingerprint density at radius 2 is 2.25 bits per heavy atom. The van der Waals surface area contributed by atoms with E-state index in [-0.39, 0.29) is 6.04 Å². The summed E-state index contributed by atoms with van der Waals surface area (Å²) in [6.07, 6.45) is 5.44. The lowest BCUT2D eigenvalue weighted by Crippen LogP contribution is -2.25. The first-order valence-electron chi connectivity index (χ1n) is 5.12. The minimum atomic E-state index is 0.152. The summed E-state index contributed by atoms with van der Waals surface area (Å²) in [7, 11) is 0. The van der Waals surface area contributed by atoms with Gasteiger partial charge in [-0.15, -0.1) is 11.3 Å². The second-order valence-corrected chi connectivity index (χ2v) is 5.58. The van der Waals surface area contributed by atoms with Crippen LogP contribution in [0.1, 0.15) is 10.4 Å². The highest BCUT2D eigenvalue weighted by Gasteiger charge is 2.09. The lowest BCUT2D eigenvalue weighted by molar-refractivity contribution is 0.668. The first-order chi connectivity index (χ1) is 7.75. The van der Waals surface area contributed by atoms with Crippen molar-refractivity contribution in [1.82, 2.24) is 4.98 Å². The normalized spacial score (nSPS) is 12.6. The van der Waals surface area contributed by atoms with E-state index < -0.39 is 0 Å². The first kappa shape index (κ1) is 11.8. The van der Waals surface area contributed by atoms with Crippen LogP contribution in [-0.4, -0.2) is 11.0 Å². The maximum Gasteiger partial charge on any atom is 0.0314 e. The molecule has 1 unspecified atom stereocenters. The van der Waals surface area contributed by atoms with Gasteiger partial charge >= 0.3 is 0 Å². The van der Waals surface area contributed by atoms with Gasteiger partial charge < -0.3 is 5.73 Å². The van der Waals surface area contributed by atoms with Gasteiger partial charge in [-0.3, -0.25) is 4.98 Å². The molecule has 0 spiro atoms. The number of aromatic nitrogens is 1. The van der Waals surface area contributed by atoms with Crippen molar-refractivity contribution in [3.8, 4) is 0 Å². The molecular formula is C12H13BrN2S. The van der Waals surface area contributed by atoms with E-state index >= 15 is 0 Å². The third kappa shape index (κ3) is 3.14. The van der Waals surface area contributed by atoms with Crippen molar-refractivity contribution >= 4 is 27.3 Å². The molecule has 0 amide bonds. The van der Waals surface area contributed by atoms with Gasteiger partial charge in [-0.2, -0.15) is 0 Å². The fourth-order valence-corrected chi connectivity index (χ4v) is 3.21. The van der Waals surface area contributed by atoms with Crippen LogP contribution < -0.4 is 5.73 Å². The molecule has 16 heavy (non-hydrogen) atoms. The van der Waals surface area contributed by atoms with Crippen LogP contribution in [-0.2, 0) is 12.8 Å². The number of rotatable bonds is 4. The van der Waals surface area contributed by atoms with Crippen molar-refractivity contribution < 1.29 is 0 Å². The summed E-state index contributed by atoms with van der Waals surface area (Å²) in [4.78, 5) is 5.41. The number of hydrogen-bond donors (Lipinski definition) is 1. The molecule has 1 atom stereocenters. The summed E-state index contributed by atoms with van der Waals surface area (Å²) in [5.74, 6) is 0. The molecule has 2 aromatic heterocycles. The molecular weight excluding hydrogens is 284 g/mol. The van der Waals surface area contributed by atoms with Gasteiger partial charge in [0.25, 0.3) is 0 Å². The molecule has 0 aromatic carbocycles. The maximum absolute atomic E-state index is 6.12. The number of hydrogen-bond acceptors (Lipinski definition) is 3. The van der Waals surface area contributed by atoms with Gasteiger partial charge in [0.05, 0.1) is 0 Å². The van der Waals surface area contributed by atoms with Crippen LogP contribution in [0.5, 0.6) is 0 Å². The van der Waals surface area contributed by atoms with E-state index in [0.29, 0.717) is 0 Å². The van der Waals surface area contributed by atoms with Gasteiger partial charge in [0.15, 0.2) is 0 Å². The standard InChI is InChI=1S/C12H13BrN2S/c13-11-3-5-16-12(11)7-10(14)6-9-2-1-4-15-8-9/h1-5,8,10H,6-7,14H2. The van der Waals surface area contributed by atoms with Gasteiger partial charge in [0, 0.05) is 27.8 Å². The Morgan fingerprint density at radius 1 is 1.38 bits per heavy atom. The summed E-state index contributed by atoms with van der Waals surface area (Å²) in [5, 5.41) is 2.08. The molecule has 2 heterocycles. The number of pyridine rings is 1. The largest absolute Gasteiger partial charge is 0.327 e. The summed E-state index contributed by atoms with van der Waals surface area (Å²) in [6, 6.07) is 6.23. The Balaban J connectivity index is 1.95. The van der Waals surface area contributed by atoms with E-state index in [1.807, 2.05) is 12.3 Å². The van der Waals surface area contributed by atoms with E-state index in [9.17, 15) is 0 Å². The molecule has 4 heteroatoms. The van der Waals surface area contributed by atoms with Crippen molar-refractivity contribution in [3.63, 3.8) is 0 Å². The Morgan fingerprint density at radius 3 is 2.88 bits per heavy atom. The SMILES string of the molecule is NC(Cc1cccnc1)Cc1sccc1Br. The monoisotopic (exact) mass is 296 g/mol. The van der Waals surface area contributed by atoms with E-state index in [4.69, 9.17) is 5.73 Å². The summed E-state index contributed by atoms with van der Waals surface area (Å²) >= 11 is 5.27. The highest BCUT2D eigenvalue weighted by molar-refractivity contribution is 9.10. The smallest absolute Gasteiger partial charge is 0.0314 e. The van der Waals surface area contributed by atoms with Crippen LogP contribution in [0.15, 0.2) is 40.4 Å². The molecule has 0 aliphatic carbocycles. The van der Waals surface area contributed by atoms with Gasteiger partial charge in [-0.25, -0.2) is 0 Å². The molecule has 0 aliphatic heterocycles. The first-order valence-corrected chi connectivity index (χ1v) is 6.79.